The van der Waals surface area contributed by atoms with Crippen molar-refractivity contribution in [3.8, 4) is 0 Å². The van der Waals surface area contributed by atoms with Crippen molar-refractivity contribution in [1.82, 2.24) is 0 Å². The van der Waals surface area contributed by atoms with E-state index in [0.717, 1.165) is 0 Å². The Bertz CT molecular complexity index is 567. The summed E-state index contributed by atoms with van der Waals surface area (Å²) in [5, 5.41) is 0. The van der Waals surface area contributed by atoms with E-state index in [1.54, 1.807) is 22.3 Å². The van der Waals surface area contributed by atoms with Gasteiger partial charge >= 0.3 is 25.8 Å². The summed E-state index contributed by atoms with van der Waals surface area (Å²) in [5.41, 5.74) is 6.45. The fourth-order valence-corrected chi connectivity index (χ4v) is 3.29. The molecule has 1 aromatic carbocycles. The number of hydrogen-bond acceptors (Lipinski definition) is 0. The normalized spacial score (nSPS) is 17.9. The quantitative estimate of drug-likeness (QED) is 0.328. The van der Waals surface area contributed by atoms with Gasteiger partial charge in [-0.05, 0) is 12.3 Å². The van der Waals surface area contributed by atoms with Crippen molar-refractivity contribution in [3.63, 3.8) is 0 Å². The van der Waals surface area contributed by atoms with Crippen LogP contribution in [0.5, 0.6) is 0 Å². The molecule has 0 saturated carbocycles. The molecule has 1 atom stereocenters. The van der Waals surface area contributed by atoms with E-state index in [4.69, 9.17) is 0 Å². The molecule has 0 radical (unpaired) electrons. The Hall–Kier alpha value is 0.134. The summed E-state index contributed by atoms with van der Waals surface area (Å²) in [5.74, 6) is 0.705. The second kappa shape index (κ2) is 12.0. The fourth-order valence-electron chi connectivity index (χ4n) is 3.29. The topological polar surface area (TPSA) is 0 Å². The van der Waals surface area contributed by atoms with Gasteiger partial charge in [0.15, 0.2) is 0 Å². The van der Waals surface area contributed by atoms with Gasteiger partial charge in [0.25, 0.3) is 0 Å². The fraction of sp³-hybridized carbons (Fsp3) is 0.542. The second-order valence-electron chi connectivity index (χ2n) is 10.1. The number of hydrogen-bond donors (Lipinski definition) is 0. The van der Waals surface area contributed by atoms with Gasteiger partial charge in [-0.1, -0.05) is 101 Å². The molecule has 0 spiro atoms. The van der Waals surface area contributed by atoms with E-state index in [2.05, 4.69) is 90.0 Å². The standard InChI is InChI=1S/C16H19.2C4H11Si.Sc/c1-2-7-12-13-8-3-5-10-15(13)16-11-6-4-9-14(12)16;2*1-5(2,3)4;/h3,5,8-10,12H,2,4,6-7,11H2,1H3;2*1H2,2-4H3;/q3*-1;+3. The largest absolute Gasteiger partial charge is 3.00 e. The summed E-state index contributed by atoms with van der Waals surface area (Å²) in [6, 6.07) is 9.04. The monoisotopic (exact) mass is 430 g/mol. The smallest absolute Gasteiger partial charge is 0.342 e. The molecule has 148 valence electrons. The first kappa shape index (κ1) is 27.1. The van der Waals surface area contributed by atoms with Crippen molar-refractivity contribution in [1.29, 1.82) is 0 Å². The van der Waals surface area contributed by atoms with Gasteiger partial charge in [0.1, 0.15) is 0 Å². The van der Waals surface area contributed by atoms with E-state index in [1.807, 2.05) is 0 Å². The molecular weight excluding hydrogens is 389 g/mol. The van der Waals surface area contributed by atoms with E-state index in [9.17, 15) is 0 Å². The average molecular weight is 431 g/mol. The number of rotatable bonds is 2. The molecule has 0 N–H and O–H groups in total. The Morgan fingerprint density at radius 3 is 2.04 bits per heavy atom. The van der Waals surface area contributed by atoms with E-state index < -0.39 is 16.1 Å². The van der Waals surface area contributed by atoms with Crippen LogP contribution in [0.15, 0.2) is 29.8 Å². The third kappa shape index (κ3) is 11.0. The molecular formula is C24H41ScSi2. The van der Waals surface area contributed by atoms with Gasteiger partial charge < -0.3 is 13.1 Å². The van der Waals surface area contributed by atoms with Gasteiger partial charge in [-0.15, -0.1) is 22.6 Å². The molecule has 0 aliphatic heterocycles. The van der Waals surface area contributed by atoms with Crippen LogP contribution >= 0.6 is 0 Å². The van der Waals surface area contributed by atoms with Gasteiger partial charge in [0, 0.05) is 0 Å². The summed E-state index contributed by atoms with van der Waals surface area (Å²) < 4.78 is 0. The third-order valence-corrected chi connectivity index (χ3v) is 3.96. The zero-order valence-electron chi connectivity index (χ0n) is 19.0. The number of benzene rings is 1. The first-order valence-electron chi connectivity index (χ1n) is 10.3. The molecule has 0 aromatic heterocycles. The minimum Gasteiger partial charge on any atom is -0.342 e. The molecule has 1 unspecified atom stereocenters. The summed E-state index contributed by atoms with van der Waals surface area (Å²) in [6.45, 7) is 23.4. The number of allylic oxidation sites excluding steroid dienone is 2. The summed E-state index contributed by atoms with van der Waals surface area (Å²) in [7, 11) is -1.72. The van der Waals surface area contributed by atoms with Gasteiger partial charge in [0.05, 0.1) is 0 Å². The van der Waals surface area contributed by atoms with E-state index in [0.29, 0.717) is 5.92 Å². The number of fused-ring (bicyclic) bond motifs is 2. The van der Waals surface area contributed by atoms with E-state index in [1.165, 1.54) is 32.1 Å². The third-order valence-electron chi connectivity index (χ3n) is 3.96. The Morgan fingerprint density at radius 1 is 1.00 bits per heavy atom. The van der Waals surface area contributed by atoms with Crippen LogP contribution in [-0.4, -0.2) is 16.1 Å². The zero-order valence-corrected chi connectivity index (χ0v) is 22.8. The summed E-state index contributed by atoms with van der Waals surface area (Å²) >= 11 is 0. The first-order chi connectivity index (χ1) is 11.9. The predicted octanol–water partition coefficient (Wildman–Crippen LogP) is 8.12. The van der Waals surface area contributed by atoms with E-state index >= 15 is 0 Å². The molecule has 1 aromatic rings. The molecule has 3 rings (SSSR count). The molecule has 0 fully saturated rings. The Balaban J connectivity index is 0.000000520. The molecule has 0 bridgehead atoms. The van der Waals surface area contributed by atoms with Crippen LogP contribution in [0.25, 0.3) is 5.57 Å². The maximum Gasteiger partial charge on any atom is 3.00 e. The van der Waals surface area contributed by atoms with Crippen LogP contribution in [0.2, 0.25) is 39.3 Å². The molecule has 0 amide bonds. The van der Waals surface area contributed by atoms with Crippen molar-refractivity contribution in [2.45, 2.75) is 84.2 Å². The van der Waals surface area contributed by atoms with Crippen molar-refractivity contribution in [2.75, 3.05) is 0 Å². The summed E-state index contributed by atoms with van der Waals surface area (Å²) in [6.07, 6.45) is 9.01. The van der Waals surface area contributed by atoms with Crippen LogP contribution in [0.1, 0.15) is 56.1 Å². The van der Waals surface area contributed by atoms with Crippen LogP contribution in [-0.2, 0) is 25.8 Å². The van der Waals surface area contributed by atoms with Crippen LogP contribution < -0.4 is 0 Å². The molecule has 3 heteroatoms. The minimum atomic E-state index is -0.861. The van der Waals surface area contributed by atoms with E-state index in [-0.39, 0.29) is 25.8 Å². The Kier molecular flexibility index (Phi) is 12.0. The van der Waals surface area contributed by atoms with Gasteiger partial charge in [0.2, 0.25) is 0 Å². The van der Waals surface area contributed by atoms with Gasteiger partial charge in [-0.25, -0.2) is 12.0 Å². The van der Waals surface area contributed by atoms with Gasteiger partial charge in [-0.2, -0.15) is 5.57 Å². The molecule has 27 heavy (non-hydrogen) atoms. The second-order valence-corrected chi connectivity index (χ2v) is 20.3. The maximum atomic E-state index is 3.91. The summed E-state index contributed by atoms with van der Waals surface area (Å²) in [4.78, 5) is 0. The van der Waals surface area contributed by atoms with Crippen LogP contribution in [0.3, 0.4) is 0 Å². The predicted molar refractivity (Wildman–Crippen MR) is 127 cm³/mol. The minimum absolute atomic E-state index is 0. The van der Waals surface area contributed by atoms with Crippen LogP contribution in [0.4, 0.5) is 0 Å². The Labute approximate surface area is 191 Å². The molecule has 0 heterocycles. The molecule has 0 nitrogen and oxygen atoms in total. The molecule has 0 saturated heterocycles. The SMILES string of the molecule is CCCC1C2=C(CCC[CH-]2)c2ccccc21.[CH2-][Si](C)(C)C.[CH2-][Si](C)(C)C.[Sc+3]. The first-order valence-corrected chi connectivity index (χ1v) is 17.7. The molecule has 2 aliphatic rings. The van der Waals surface area contributed by atoms with Crippen molar-refractivity contribution < 1.29 is 25.8 Å². The van der Waals surface area contributed by atoms with Crippen molar-refractivity contribution >= 4 is 21.7 Å². The van der Waals surface area contributed by atoms with Crippen molar-refractivity contribution in [2.24, 2.45) is 0 Å². The zero-order chi connectivity index (χ0) is 20.0. The average Bonchev–Trinajstić information content (AvgIpc) is 2.80. The Morgan fingerprint density at radius 2 is 1.52 bits per heavy atom. The maximum absolute atomic E-state index is 3.91. The van der Waals surface area contributed by atoms with Crippen molar-refractivity contribution in [3.05, 3.63) is 60.5 Å². The molecule has 2 aliphatic carbocycles. The van der Waals surface area contributed by atoms with Gasteiger partial charge in [-0.3, -0.25) is 0 Å². The van der Waals surface area contributed by atoms with Crippen LogP contribution in [0, 0.1) is 19.5 Å².